The summed E-state index contributed by atoms with van der Waals surface area (Å²) in [6.45, 7) is 4.27. The summed E-state index contributed by atoms with van der Waals surface area (Å²) in [4.78, 5) is 11.8. The first-order valence-corrected chi connectivity index (χ1v) is 14.4. The Morgan fingerprint density at radius 3 is 2.49 bits per heavy atom. The van der Waals surface area contributed by atoms with Crippen molar-refractivity contribution in [1.29, 1.82) is 0 Å². The number of fused-ring (bicyclic) bond motifs is 2. The van der Waals surface area contributed by atoms with E-state index >= 15 is 0 Å². The number of hydrogen-bond acceptors (Lipinski definition) is 6. The maximum atomic E-state index is 13.0. The molecule has 0 N–H and O–H groups in total. The molecular formula is C29H31N5O2S. The third-order valence-corrected chi connectivity index (χ3v) is 8.62. The van der Waals surface area contributed by atoms with E-state index in [1.165, 1.54) is 11.6 Å². The van der Waals surface area contributed by atoms with Crippen LogP contribution in [0.25, 0.3) is 22.0 Å². The number of anilines is 3. The lowest BCUT2D eigenvalue weighted by Gasteiger charge is -2.36. The summed E-state index contributed by atoms with van der Waals surface area (Å²) in [6, 6.07) is 20.4. The van der Waals surface area contributed by atoms with Gasteiger partial charge in [0.05, 0.1) is 28.5 Å². The molecule has 1 saturated heterocycles. The second-order valence-electron chi connectivity index (χ2n) is 10.0. The van der Waals surface area contributed by atoms with E-state index in [0.29, 0.717) is 17.1 Å². The van der Waals surface area contributed by atoms with Crippen molar-refractivity contribution in [3.05, 3.63) is 66.9 Å². The zero-order valence-electron chi connectivity index (χ0n) is 21.4. The first kappa shape index (κ1) is 23.8. The number of piperazine rings is 1. The molecule has 8 heteroatoms. The predicted molar refractivity (Wildman–Crippen MR) is 153 cm³/mol. The van der Waals surface area contributed by atoms with Crippen molar-refractivity contribution in [2.45, 2.75) is 4.90 Å². The molecule has 3 heterocycles. The number of likely N-dealkylation sites (N-methyl/N-ethyl adjacent to an activating group) is 1. The summed E-state index contributed by atoms with van der Waals surface area (Å²) in [5.41, 5.74) is 6.75. The van der Waals surface area contributed by atoms with Gasteiger partial charge in [0, 0.05) is 68.7 Å². The summed E-state index contributed by atoms with van der Waals surface area (Å²) >= 11 is 0. The first-order chi connectivity index (χ1) is 17.8. The summed E-state index contributed by atoms with van der Waals surface area (Å²) in [5, 5.41) is 1.19. The Hall–Kier alpha value is -3.62. The van der Waals surface area contributed by atoms with Crippen LogP contribution >= 0.6 is 0 Å². The molecule has 6 rings (SSSR count). The van der Waals surface area contributed by atoms with Gasteiger partial charge < -0.3 is 19.3 Å². The number of aliphatic imine (C=N–C) groups is 1. The lowest BCUT2D eigenvalue weighted by molar-refractivity contribution is 0.313. The van der Waals surface area contributed by atoms with E-state index in [1.807, 2.05) is 37.5 Å². The molecule has 0 unspecified atom stereocenters. The van der Waals surface area contributed by atoms with E-state index in [1.54, 1.807) is 6.07 Å². The number of aromatic nitrogens is 1. The number of nitrogens with zero attached hydrogens (tertiary/aromatic N) is 5. The van der Waals surface area contributed by atoms with E-state index in [4.69, 9.17) is 4.99 Å². The number of aryl methyl sites for hydroxylation is 1. The Kier molecular flexibility index (Phi) is 5.81. The van der Waals surface area contributed by atoms with Crippen LogP contribution in [0.2, 0.25) is 0 Å². The number of rotatable bonds is 4. The Balaban J connectivity index is 1.52. The van der Waals surface area contributed by atoms with Crippen molar-refractivity contribution in [1.82, 2.24) is 9.47 Å². The summed E-state index contributed by atoms with van der Waals surface area (Å²) in [7, 11) is 0.718. The molecule has 1 fully saturated rings. The third-order valence-electron chi connectivity index (χ3n) is 7.48. The van der Waals surface area contributed by atoms with E-state index in [2.05, 4.69) is 62.8 Å². The van der Waals surface area contributed by atoms with E-state index in [-0.39, 0.29) is 0 Å². The summed E-state index contributed by atoms with van der Waals surface area (Å²) < 4.78 is 28.0. The standard InChI is InChI=1S/C29H31N5O2S/c1-31-15-17-33(18-16-31)23-9-10-28(37(3,35)36)27(20-23)34-14-12-30-25-6-4-5-24(29(25)34)22-8-7-21-11-13-32(2)26(21)19-22/h4-13,19-20H,14-18H2,1-3H3. The van der Waals surface area contributed by atoms with Crippen molar-refractivity contribution in [3.63, 3.8) is 0 Å². The highest BCUT2D eigenvalue weighted by molar-refractivity contribution is 7.90. The van der Waals surface area contributed by atoms with Crippen LogP contribution in [-0.4, -0.2) is 70.1 Å². The molecule has 0 radical (unpaired) electrons. The van der Waals surface area contributed by atoms with Crippen LogP contribution < -0.4 is 9.80 Å². The molecule has 2 aliphatic rings. The molecule has 0 amide bonds. The Bertz CT molecular complexity index is 1630. The molecule has 2 aliphatic heterocycles. The van der Waals surface area contributed by atoms with Gasteiger partial charge in [0.15, 0.2) is 9.84 Å². The van der Waals surface area contributed by atoms with Crippen LogP contribution in [0.15, 0.2) is 76.7 Å². The molecule has 0 spiro atoms. The van der Waals surface area contributed by atoms with Gasteiger partial charge in [-0.3, -0.25) is 4.99 Å². The number of benzene rings is 3. The normalized spacial score (nSPS) is 16.4. The van der Waals surface area contributed by atoms with E-state index < -0.39 is 9.84 Å². The molecule has 0 bridgehead atoms. The Labute approximate surface area is 218 Å². The smallest absolute Gasteiger partial charge is 0.177 e. The Morgan fingerprint density at radius 2 is 1.70 bits per heavy atom. The van der Waals surface area contributed by atoms with Crippen molar-refractivity contribution in [3.8, 4) is 11.1 Å². The second kappa shape index (κ2) is 9.04. The van der Waals surface area contributed by atoms with Crippen LogP contribution in [0.3, 0.4) is 0 Å². The molecule has 190 valence electrons. The minimum atomic E-state index is -3.46. The molecule has 1 aromatic heterocycles. The molecule has 0 saturated carbocycles. The van der Waals surface area contributed by atoms with Gasteiger partial charge in [-0.1, -0.05) is 24.3 Å². The molecule has 0 aliphatic carbocycles. The third kappa shape index (κ3) is 4.30. The van der Waals surface area contributed by atoms with Crippen molar-refractivity contribution >= 4 is 49.7 Å². The number of hydrogen-bond donors (Lipinski definition) is 0. The highest BCUT2D eigenvalue weighted by Gasteiger charge is 2.27. The highest BCUT2D eigenvalue weighted by atomic mass is 32.2. The molecule has 7 nitrogen and oxygen atoms in total. The molecule has 4 aromatic rings. The SMILES string of the molecule is CN1CCN(c2ccc(S(C)(=O)=O)c(N3CC=Nc4cccc(-c5ccc6ccn(C)c6c5)c43)c2)CC1. The Morgan fingerprint density at radius 1 is 0.892 bits per heavy atom. The lowest BCUT2D eigenvalue weighted by Crippen LogP contribution is -2.44. The highest BCUT2D eigenvalue weighted by Crippen LogP contribution is 2.46. The molecule has 37 heavy (non-hydrogen) atoms. The zero-order valence-corrected chi connectivity index (χ0v) is 22.2. The summed E-state index contributed by atoms with van der Waals surface area (Å²) in [5.74, 6) is 0. The maximum absolute atomic E-state index is 13.0. The quantitative estimate of drug-likeness (QED) is 0.390. The average molecular weight is 514 g/mol. The largest absolute Gasteiger partial charge is 0.369 e. The van der Waals surface area contributed by atoms with Gasteiger partial charge in [-0.2, -0.15) is 0 Å². The van der Waals surface area contributed by atoms with Gasteiger partial charge in [0.2, 0.25) is 0 Å². The monoisotopic (exact) mass is 513 g/mol. The minimum absolute atomic E-state index is 0.333. The van der Waals surface area contributed by atoms with Crippen molar-refractivity contribution < 1.29 is 8.42 Å². The first-order valence-electron chi connectivity index (χ1n) is 12.6. The van der Waals surface area contributed by atoms with Crippen LogP contribution in [0.4, 0.5) is 22.7 Å². The van der Waals surface area contributed by atoms with E-state index in [9.17, 15) is 8.42 Å². The van der Waals surface area contributed by atoms with E-state index in [0.717, 1.165) is 59.9 Å². The minimum Gasteiger partial charge on any atom is -0.369 e. The lowest BCUT2D eigenvalue weighted by atomic mass is 9.99. The van der Waals surface area contributed by atoms with Gasteiger partial charge in [-0.15, -0.1) is 0 Å². The molecular weight excluding hydrogens is 482 g/mol. The molecule has 3 aromatic carbocycles. The van der Waals surface area contributed by atoms with Crippen molar-refractivity contribution in [2.24, 2.45) is 12.0 Å². The van der Waals surface area contributed by atoms with Gasteiger partial charge in [0.1, 0.15) is 0 Å². The average Bonchev–Trinajstić information content (AvgIpc) is 3.27. The van der Waals surface area contributed by atoms with Gasteiger partial charge in [-0.25, -0.2) is 8.42 Å². The fourth-order valence-electron chi connectivity index (χ4n) is 5.40. The molecule has 0 atom stereocenters. The zero-order chi connectivity index (χ0) is 25.7. The van der Waals surface area contributed by atoms with Crippen LogP contribution in [0.5, 0.6) is 0 Å². The van der Waals surface area contributed by atoms with Gasteiger partial charge >= 0.3 is 0 Å². The van der Waals surface area contributed by atoms with Crippen molar-refractivity contribution in [2.75, 3.05) is 55.8 Å². The second-order valence-corrected chi connectivity index (χ2v) is 12.0. The van der Waals surface area contributed by atoms with Gasteiger partial charge in [0.25, 0.3) is 0 Å². The van der Waals surface area contributed by atoms with Crippen LogP contribution in [-0.2, 0) is 16.9 Å². The topological polar surface area (TPSA) is 61.2 Å². The number of sulfone groups is 1. The number of para-hydroxylation sites is 1. The van der Waals surface area contributed by atoms with Gasteiger partial charge in [-0.05, 0) is 54.4 Å². The van der Waals surface area contributed by atoms with Crippen LogP contribution in [0, 0.1) is 0 Å². The fourth-order valence-corrected chi connectivity index (χ4v) is 6.27. The fraction of sp³-hybridized carbons (Fsp3) is 0.276. The van der Waals surface area contributed by atoms with Crippen LogP contribution in [0.1, 0.15) is 0 Å². The maximum Gasteiger partial charge on any atom is 0.177 e. The predicted octanol–water partition coefficient (Wildman–Crippen LogP) is 4.85. The summed E-state index contributed by atoms with van der Waals surface area (Å²) in [6.07, 6.45) is 5.21.